The molecular formula is C37H48N2O5S2. The first kappa shape index (κ1) is 35.2. The quantitative estimate of drug-likeness (QED) is 0.168. The SMILES string of the molecule is Cc1ccc(S(=O)(=O)OS(c2ccc(N(C)C)cc2)(c2ccc(N(C)C)cc2)c2ccc(OC(C)(C)C)cc2OC(C)(C)C)cc1. The van der Waals surface area contributed by atoms with Crippen molar-refractivity contribution in [3.8, 4) is 11.5 Å². The summed E-state index contributed by atoms with van der Waals surface area (Å²) < 4.78 is 48.4. The van der Waals surface area contributed by atoms with E-state index in [1.165, 1.54) is 0 Å². The summed E-state index contributed by atoms with van der Waals surface area (Å²) in [6.45, 7) is 13.8. The molecule has 0 aliphatic carbocycles. The van der Waals surface area contributed by atoms with Gasteiger partial charge in [0.25, 0.3) is 0 Å². The summed E-state index contributed by atoms with van der Waals surface area (Å²) in [6.07, 6.45) is 0. The molecule has 0 N–H and O–H groups in total. The van der Waals surface area contributed by atoms with E-state index in [-0.39, 0.29) is 4.90 Å². The molecule has 0 saturated carbocycles. The molecular weight excluding hydrogens is 617 g/mol. The molecule has 0 bridgehead atoms. The van der Waals surface area contributed by atoms with Gasteiger partial charge in [0.2, 0.25) is 0 Å². The highest BCUT2D eigenvalue weighted by Gasteiger charge is 2.41. The van der Waals surface area contributed by atoms with E-state index in [2.05, 4.69) is 0 Å². The molecule has 0 aliphatic rings. The lowest BCUT2D eigenvalue weighted by atomic mass is 10.2. The second-order valence-electron chi connectivity index (χ2n) is 13.7. The fourth-order valence-electron chi connectivity index (χ4n) is 4.81. The Morgan fingerprint density at radius 3 is 1.41 bits per heavy atom. The average Bonchev–Trinajstić information content (AvgIpc) is 2.95. The predicted octanol–water partition coefficient (Wildman–Crippen LogP) is 9.08. The van der Waals surface area contributed by atoms with E-state index in [1.807, 2.05) is 153 Å². The maximum absolute atomic E-state index is 14.4. The van der Waals surface area contributed by atoms with E-state index in [1.54, 1.807) is 24.3 Å². The molecule has 0 aromatic heterocycles. The van der Waals surface area contributed by atoms with Gasteiger partial charge in [0.15, 0.2) is 0 Å². The van der Waals surface area contributed by atoms with Crippen LogP contribution in [-0.4, -0.2) is 47.8 Å². The predicted molar refractivity (Wildman–Crippen MR) is 191 cm³/mol. The highest BCUT2D eigenvalue weighted by molar-refractivity contribution is 8.33. The van der Waals surface area contributed by atoms with Crippen LogP contribution in [0.25, 0.3) is 0 Å². The number of hydrogen-bond donors (Lipinski definition) is 0. The summed E-state index contributed by atoms with van der Waals surface area (Å²) in [6, 6.07) is 28.1. The first-order valence-corrected chi connectivity index (χ1v) is 18.2. The van der Waals surface area contributed by atoms with E-state index in [0.717, 1.165) is 16.9 Å². The van der Waals surface area contributed by atoms with Crippen molar-refractivity contribution in [1.29, 1.82) is 0 Å². The topological polar surface area (TPSA) is 68.3 Å². The third-order valence-electron chi connectivity index (χ3n) is 6.94. The van der Waals surface area contributed by atoms with Crippen LogP contribution in [0.5, 0.6) is 11.5 Å². The van der Waals surface area contributed by atoms with Gasteiger partial charge in [-0.05, 0) is 132 Å². The summed E-state index contributed by atoms with van der Waals surface area (Å²) in [5, 5.41) is 0. The lowest BCUT2D eigenvalue weighted by Gasteiger charge is -2.41. The van der Waals surface area contributed by atoms with Crippen molar-refractivity contribution in [1.82, 2.24) is 0 Å². The molecule has 0 saturated heterocycles. The largest absolute Gasteiger partial charge is 0.488 e. The lowest BCUT2D eigenvalue weighted by molar-refractivity contribution is 0.118. The first-order valence-electron chi connectivity index (χ1n) is 15.2. The molecule has 0 unspecified atom stereocenters. The Morgan fingerprint density at radius 1 is 0.565 bits per heavy atom. The van der Waals surface area contributed by atoms with Crippen LogP contribution >= 0.6 is 10.3 Å². The number of nitrogens with zero attached hydrogens (tertiary/aromatic N) is 2. The van der Waals surface area contributed by atoms with Crippen molar-refractivity contribution in [2.24, 2.45) is 0 Å². The van der Waals surface area contributed by atoms with Crippen molar-refractivity contribution >= 4 is 31.8 Å². The second kappa shape index (κ2) is 13.2. The Labute approximate surface area is 277 Å². The standard InChI is InChI=1S/C37H48N2O5S2/c1-27-12-19-33(20-13-27)46(40,41)44-45(31-21-14-28(15-22-31)38(8)9,32-23-16-29(17-24-32)39(10)11)35-25-18-30(42-36(2,3)4)26-34(35)43-37(5,6)7/h12-26H,1-11H3. The number of anilines is 2. The monoisotopic (exact) mass is 664 g/mol. The van der Waals surface area contributed by atoms with Crippen molar-refractivity contribution in [3.05, 3.63) is 96.6 Å². The zero-order chi connectivity index (χ0) is 34.1. The van der Waals surface area contributed by atoms with Crippen molar-refractivity contribution < 1.29 is 21.5 Å². The maximum atomic E-state index is 14.4. The summed E-state index contributed by atoms with van der Waals surface area (Å²) in [7, 11) is 0.571. The van der Waals surface area contributed by atoms with Gasteiger partial charge in [0.05, 0.1) is 9.79 Å². The van der Waals surface area contributed by atoms with E-state index in [0.29, 0.717) is 26.2 Å². The van der Waals surface area contributed by atoms with Gasteiger partial charge in [-0.15, -0.1) is 0 Å². The van der Waals surface area contributed by atoms with Gasteiger partial charge in [-0.2, -0.15) is 8.42 Å². The van der Waals surface area contributed by atoms with Crippen molar-refractivity contribution in [3.63, 3.8) is 0 Å². The van der Waals surface area contributed by atoms with Gasteiger partial charge in [0, 0.05) is 55.4 Å². The van der Waals surface area contributed by atoms with E-state index >= 15 is 0 Å². The number of rotatable bonds is 10. The van der Waals surface area contributed by atoms with Gasteiger partial charge in [-0.1, -0.05) is 17.7 Å². The molecule has 0 heterocycles. The number of hydrogen-bond acceptors (Lipinski definition) is 7. The Balaban J connectivity index is 2.13. The molecule has 9 heteroatoms. The van der Waals surface area contributed by atoms with Crippen LogP contribution < -0.4 is 19.3 Å². The molecule has 0 atom stereocenters. The first-order chi connectivity index (χ1) is 21.3. The second-order valence-corrected chi connectivity index (χ2v) is 18.1. The highest BCUT2D eigenvalue weighted by Crippen LogP contribution is 2.72. The molecule has 4 aromatic carbocycles. The summed E-state index contributed by atoms with van der Waals surface area (Å²) >= 11 is 0. The summed E-state index contributed by atoms with van der Waals surface area (Å²) in [5.74, 6) is 1.09. The molecule has 46 heavy (non-hydrogen) atoms. The molecule has 248 valence electrons. The van der Waals surface area contributed by atoms with Crippen LogP contribution in [-0.2, 0) is 13.7 Å². The number of aryl methyl sites for hydroxylation is 1. The fraction of sp³-hybridized carbons (Fsp3) is 0.351. The normalized spacial score (nSPS) is 12.8. The molecule has 0 spiro atoms. The van der Waals surface area contributed by atoms with Gasteiger partial charge in [-0.25, -0.2) is 3.63 Å². The van der Waals surface area contributed by atoms with Crippen LogP contribution in [0.1, 0.15) is 47.1 Å². The van der Waals surface area contributed by atoms with Gasteiger partial charge in [0.1, 0.15) is 22.7 Å². The van der Waals surface area contributed by atoms with Gasteiger partial charge in [-0.3, -0.25) is 0 Å². The minimum Gasteiger partial charge on any atom is -0.488 e. The van der Waals surface area contributed by atoms with Gasteiger partial charge >= 0.3 is 10.1 Å². The van der Waals surface area contributed by atoms with Gasteiger partial charge < -0.3 is 19.3 Å². The summed E-state index contributed by atoms with van der Waals surface area (Å²) in [4.78, 5) is 6.10. The Morgan fingerprint density at radius 2 is 1.00 bits per heavy atom. The third-order valence-corrected chi connectivity index (χ3v) is 12.1. The molecule has 0 radical (unpaired) electrons. The Kier molecular flexibility index (Phi) is 10.1. The lowest BCUT2D eigenvalue weighted by Crippen LogP contribution is -2.25. The van der Waals surface area contributed by atoms with Crippen LogP contribution in [0.15, 0.2) is 111 Å². The molecule has 7 nitrogen and oxygen atoms in total. The minimum absolute atomic E-state index is 0.0794. The zero-order valence-corrected chi connectivity index (χ0v) is 30.5. The van der Waals surface area contributed by atoms with Crippen molar-refractivity contribution in [2.45, 2.75) is 79.3 Å². The minimum atomic E-state index is -4.30. The maximum Gasteiger partial charge on any atom is 0.307 e. The summed E-state index contributed by atoms with van der Waals surface area (Å²) in [5.41, 5.74) is 1.83. The highest BCUT2D eigenvalue weighted by atomic mass is 32.3. The van der Waals surface area contributed by atoms with E-state index in [4.69, 9.17) is 13.1 Å². The average molecular weight is 665 g/mol. The Hall–Kier alpha value is -3.66. The smallest absolute Gasteiger partial charge is 0.307 e. The Bertz CT molecular complexity index is 1680. The van der Waals surface area contributed by atoms with Crippen LogP contribution in [0.3, 0.4) is 0 Å². The molecule has 0 aliphatic heterocycles. The zero-order valence-electron chi connectivity index (χ0n) is 28.9. The van der Waals surface area contributed by atoms with Crippen LogP contribution in [0.2, 0.25) is 0 Å². The molecule has 0 amide bonds. The molecule has 4 aromatic rings. The molecule has 0 fully saturated rings. The molecule has 4 rings (SSSR count). The van der Waals surface area contributed by atoms with Crippen LogP contribution in [0, 0.1) is 6.92 Å². The number of ether oxygens (including phenoxy) is 2. The fourth-order valence-corrected chi connectivity index (χ4v) is 10.1. The van der Waals surface area contributed by atoms with E-state index < -0.39 is 31.6 Å². The van der Waals surface area contributed by atoms with Crippen LogP contribution in [0.4, 0.5) is 11.4 Å². The third kappa shape index (κ3) is 8.18. The van der Waals surface area contributed by atoms with Crippen molar-refractivity contribution in [2.75, 3.05) is 38.0 Å². The van der Waals surface area contributed by atoms with E-state index in [9.17, 15) is 8.42 Å². The number of benzene rings is 4.